The lowest BCUT2D eigenvalue weighted by Gasteiger charge is -2.12. The van der Waals surface area contributed by atoms with Gasteiger partial charge < -0.3 is 19.4 Å². The SMILES string of the molecule is CN(C)c1cc(-c2nc3cc(F)c(F)cc3n2C2CC2)cnn1.CNC.Fc1cc2nc(-c3cnnc(Cl)c3)n(C3CC3)c2cc1F. The summed E-state index contributed by atoms with van der Waals surface area (Å²) in [6.07, 6.45) is 7.17. The molecule has 6 aromatic rings. The van der Waals surface area contributed by atoms with E-state index in [1.54, 1.807) is 18.5 Å². The molecule has 244 valence electrons. The largest absolute Gasteiger partial charge is 0.361 e. The number of nitrogens with zero attached hydrogens (tertiary/aromatic N) is 9. The lowest BCUT2D eigenvalue weighted by molar-refractivity contribution is 0.510. The van der Waals surface area contributed by atoms with Crippen LogP contribution in [0.2, 0.25) is 5.15 Å². The lowest BCUT2D eigenvalue weighted by atomic mass is 10.2. The number of fused-ring (bicyclic) bond motifs is 2. The first kappa shape index (κ1) is 32.3. The molecular formula is C32H31ClF4N10. The first-order valence-corrected chi connectivity index (χ1v) is 15.3. The van der Waals surface area contributed by atoms with Gasteiger partial charge in [0, 0.05) is 61.6 Å². The number of benzene rings is 2. The van der Waals surface area contributed by atoms with Crippen LogP contribution < -0.4 is 10.2 Å². The average Bonchev–Trinajstić information content (AvgIpc) is 3.99. The number of halogens is 5. The van der Waals surface area contributed by atoms with Crippen molar-refractivity contribution in [2.45, 2.75) is 37.8 Å². The number of hydrogen-bond acceptors (Lipinski definition) is 8. The van der Waals surface area contributed by atoms with Crippen LogP contribution >= 0.6 is 11.6 Å². The van der Waals surface area contributed by atoms with Gasteiger partial charge in [0.2, 0.25) is 0 Å². The second kappa shape index (κ2) is 13.2. The third kappa shape index (κ3) is 6.74. The molecule has 4 aromatic heterocycles. The molecule has 10 nitrogen and oxygen atoms in total. The molecule has 0 aliphatic heterocycles. The van der Waals surface area contributed by atoms with Gasteiger partial charge in [-0.1, -0.05) is 11.6 Å². The Morgan fingerprint density at radius 3 is 1.53 bits per heavy atom. The van der Waals surface area contributed by atoms with Crippen LogP contribution in [-0.4, -0.2) is 67.7 Å². The van der Waals surface area contributed by atoms with Crippen LogP contribution in [0.3, 0.4) is 0 Å². The molecule has 0 radical (unpaired) electrons. The zero-order chi connectivity index (χ0) is 33.4. The molecule has 2 aliphatic carbocycles. The molecule has 0 spiro atoms. The Balaban J connectivity index is 0.000000152. The molecule has 1 N–H and O–H groups in total. The summed E-state index contributed by atoms with van der Waals surface area (Å²) in [5, 5.41) is 18.6. The van der Waals surface area contributed by atoms with Gasteiger partial charge in [-0.25, -0.2) is 27.5 Å². The lowest BCUT2D eigenvalue weighted by Crippen LogP contribution is -2.11. The molecule has 4 heterocycles. The highest BCUT2D eigenvalue weighted by molar-refractivity contribution is 6.29. The van der Waals surface area contributed by atoms with Crippen molar-refractivity contribution in [2.75, 3.05) is 33.1 Å². The van der Waals surface area contributed by atoms with E-state index < -0.39 is 23.3 Å². The van der Waals surface area contributed by atoms with E-state index in [9.17, 15) is 17.6 Å². The Bertz CT molecular complexity index is 2070. The summed E-state index contributed by atoms with van der Waals surface area (Å²) in [6, 6.07) is 8.72. The monoisotopic (exact) mass is 666 g/mol. The molecule has 2 saturated carbocycles. The fourth-order valence-electron chi connectivity index (χ4n) is 5.15. The number of hydrogen-bond donors (Lipinski definition) is 1. The van der Waals surface area contributed by atoms with Gasteiger partial charge in [-0.3, -0.25) is 0 Å². The van der Waals surface area contributed by atoms with E-state index in [0.29, 0.717) is 45.1 Å². The van der Waals surface area contributed by atoms with E-state index in [2.05, 4.69) is 35.7 Å². The summed E-state index contributed by atoms with van der Waals surface area (Å²) in [6.45, 7) is 0. The van der Waals surface area contributed by atoms with E-state index in [4.69, 9.17) is 11.6 Å². The summed E-state index contributed by atoms with van der Waals surface area (Å²) in [4.78, 5) is 10.8. The van der Waals surface area contributed by atoms with Crippen LogP contribution in [-0.2, 0) is 0 Å². The second-order valence-electron chi connectivity index (χ2n) is 11.5. The Labute approximate surface area is 272 Å². The Morgan fingerprint density at radius 1 is 0.681 bits per heavy atom. The van der Waals surface area contributed by atoms with Crippen LogP contribution in [0.25, 0.3) is 44.8 Å². The van der Waals surface area contributed by atoms with Crippen LogP contribution in [0.15, 0.2) is 48.8 Å². The van der Waals surface area contributed by atoms with Gasteiger partial charge in [-0.2, -0.15) is 10.2 Å². The second-order valence-corrected chi connectivity index (χ2v) is 11.9. The van der Waals surface area contributed by atoms with E-state index in [1.807, 2.05) is 48.3 Å². The Morgan fingerprint density at radius 2 is 1.11 bits per heavy atom. The summed E-state index contributed by atoms with van der Waals surface area (Å²) in [5.41, 5.74) is 3.54. The number of rotatable bonds is 5. The fraction of sp³-hybridized carbons (Fsp3) is 0.312. The molecule has 47 heavy (non-hydrogen) atoms. The number of imidazole rings is 2. The summed E-state index contributed by atoms with van der Waals surface area (Å²) < 4.78 is 58.0. The fourth-order valence-corrected chi connectivity index (χ4v) is 5.31. The van der Waals surface area contributed by atoms with Gasteiger partial charge in [0.05, 0.1) is 34.5 Å². The first-order valence-electron chi connectivity index (χ1n) is 14.9. The maximum Gasteiger partial charge on any atom is 0.161 e. The molecule has 0 unspecified atom stereocenters. The average molecular weight is 667 g/mol. The van der Waals surface area contributed by atoms with E-state index >= 15 is 0 Å². The van der Waals surface area contributed by atoms with E-state index in [-0.39, 0.29) is 17.2 Å². The number of aromatic nitrogens is 8. The molecule has 15 heteroatoms. The number of anilines is 1. The van der Waals surface area contributed by atoms with Gasteiger partial charge in [-0.15, -0.1) is 10.2 Å². The summed E-state index contributed by atoms with van der Waals surface area (Å²) in [5.74, 6) is -1.53. The van der Waals surface area contributed by atoms with Crippen molar-refractivity contribution in [1.29, 1.82) is 0 Å². The minimum Gasteiger partial charge on any atom is -0.361 e. The summed E-state index contributed by atoms with van der Waals surface area (Å²) in [7, 11) is 7.50. The van der Waals surface area contributed by atoms with Crippen molar-refractivity contribution in [1.82, 2.24) is 44.8 Å². The maximum atomic E-state index is 13.6. The van der Waals surface area contributed by atoms with Crippen LogP contribution in [0, 0.1) is 23.3 Å². The molecular weight excluding hydrogens is 636 g/mol. The van der Waals surface area contributed by atoms with Crippen molar-refractivity contribution in [2.24, 2.45) is 0 Å². The smallest absolute Gasteiger partial charge is 0.161 e. The van der Waals surface area contributed by atoms with Crippen molar-refractivity contribution < 1.29 is 17.6 Å². The maximum absolute atomic E-state index is 13.6. The molecule has 2 fully saturated rings. The minimum absolute atomic E-state index is 0.249. The van der Waals surface area contributed by atoms with E-state index in [0.717, 1.165) is 43.4 Å². The normalized spacial score (nSPS) is 14.1. The molecule has 0 bridgehead atoms. The van der Waals surface area contributed by atoms with Crippen LogP contribution in [0.4, 0.5) is 23.4 Å². The Kier molecular flexibility index (Phi) is 9.06. The van der Waals surface area contributed by atoms with Gasteiger partial charge in [0.1, 0.15) is 11.6 Å². The van der Waals surface area contributed by atoms with Gasteiger partial charge in [0.15, 0.2) is 34.2 Å². The summed E-state index contributed by atoms with van der Waals surface area (Å²) >= 11 is 5.86. The van der Waals surface area contributed by atoms with Gasteiger partial charge in [-0.05, 0) is 51.9 Å². The topological polar surface area (TPSA) is 102 Å². The number of nitrogens with one attached hydrogen (secondary N) is 1. The standard InChI is InChI=1S/C16H15F2N5.C14H9ClF2N4.C2H7N/c1-22(2)15-5-9(8-19-21-15)16-20-13-6-11(17)12(18)7-14(13)23(16)10-3-4-10;15-13-3-7(6-18-20-13)14-19-11-4-9(16)10(17)5-12(11)21(14)8-1-2-8;1-3-2/h5-8,10H,3-4H2,1-2H3;3-6,8H,1-2H2;3H,1-2H3. The zero-order valence-corrected chi connectivity index (χ0v) is 26.8. The van der Waals surface area contributed by atoms with Gasteiger partial charge >= 0.3 is 0 Å². The van der Waals surface area contributed by atoms with Crippen molar-refractivity contribution in [3.63, 3.8) is 0 Å². The molecule has 2 aliphatic rings. The highest BCUT2D eigenvalue weighted by Crippen LogP contribution is 2.43. The van der Waals surface area contributed by atoms with Crippen molar-refractivity contribution >= 4 is 39.5 Å². The highest BCUT2D eigenvalue weighted by Gasteiger charge is 2.31. The minimum atomic E-state index is -0.902. The molecule has 8 rings (SSSR count). The molecule has 0 saturated heterocycles. The Hall–Kier alpha value is -4.69. The predicted octanol–water partition coefficient (Wildman–Crippen LogP) is 6.77. The molecule has 0 atom stereocenters. The van der Waals surface area contributed by atoms with Crippen molar-refractivity contribution in [3.05, 3.63) is 77.2 Å². The van der Waals surface area contributed by atoms with Crippen LogP contribution in [0.1, 0.15) is 37.8 Å². The van der Waals surface area contributed by atoms with E-state index in [1.165, 1.54) is 12.1 Å². The van der Waals surface area contributed by atoms with Crippen LogP contribution in [0.5, 0.6) is 0 Å². The molecule has 2 aromatic carbocycles. The van der Waals surface area contributed by atoms with Gasteiger partial charge in [0.25, 0.3) is 0 Å². The quantitative estimate of drug-likeness (QED) is 0.201. The molecule has 0 amide bonds. The third-order valence-corrected chi connectivity index (χ3v) is 7.71. The third-order valence-electron chi connectivity index (χ3n) is 7.53. The van der Waals surface area contributed by atoms with Crippen molar-refractivity contribution in [3.8, 4) is 22.8 Å². The first-order chi connectivity index (χ1) is 22.6. The zero-order valence-electron chi connectivity index (χ0n) is 26.0. The predicted molar refractivity (Wildman–Crippen MR) is 172 cm³/mol. The highest BCUT2D eigenvalue weighted by atomic mass is 35.5.